The monoisotopic (exact) mass is 230 g/mol. The Kier molecular flexibility index (Phi) is 2.70. The van der Waals surface area contributed by atoms with Crippen LogP contribution in [-0.2, 0) is 13.6 Å². The Bertz CT molecular complexity index is 648. The Hall–Kier alpha value is -2.49. The quantitative estimate of drug-likeness (QED) is 0.700. The van der Waals surface area contributed by atoms with Gasteiger partial charge in [0.15, 0.2) is 5.82 Å². The van der Waals surface area contributed by atoms with Crippen molar-refractivity contribution in [2.45, 2.75) is 13.5 Å². The minimum atomic E-state index is -0.333. The lowest BCUT2D eigenvalue weighted by molar-refractivity contribution is 0.622. The van der Waals surface area contributed by atoms with Crippen molar-refractivity contribution in [3.8, 4) is 6.07 Å². The van der Waals surface area contributed by atoms with Gasteiger partial charge in [-0.3, -0.25) is 4.79 Å². The van der Waals surface area contributed by atoms with Crippen molar-refractivity contribution in [3.05, 3.63) is 39.6 Å². The van der Waals surface area contributed by atoms with Crippen LogP contribution in [0.1, 0.15) is 17.1 Å². The summed E-state index contributed by atoms with van der Waals surface area (Å²) in [6.07, 6.45) is 0. The van der Waals surface area contributed by atoms with E-state index in [2.05, 4.69) is 15.4 Å². The van der Waals surface area contributed by atoms with Gasteiger partial charge in [0.2, 0.25) is 0 Å². The molecule has 0 unspecified atom stereocenters. The summed E-state index contributed by atoms with van der Waals surface area (Å²) >= 11 is 0. The molecule has 0 saturated heterocycles. The first-order chi connectivity index (χ1) is 8.11. The molecule has 17 heavy (non-hydrogen) atoms. The van der Waals surface area contributed by atoms with E-state index in [4.69, 9.17) is 5.26 Å². The Morgan fingerprint density at radius 2 is 2.24 bits per heavy atom. The maximum Gasteiger partial charge on any atom is 0.269 e. The average Bonchev–Trinajstić information content (AvgIpc) is 2.70. The molecule has 0 atom stereocenters. The summed E-state index contributed by atoms with van der Waals surface area (Å²) in [5, 5.41) is 20.3. The van der Waals surface area contributed by atoms with Crippen LogP contribution >= 0.6 is 0 Å². The molecule has 7 heteroatoms. The third-order valence-electron chi connectivity index (χ3n) is 2.36. The van der Waals surface area contributed by atoms with E-state index in [1.54, 1.807) is 20.0 Å². The summed E-state index contributed by atoms with van der Waals surface area (Å²) in [5.41, 5.74) is 0.529. The van der Waals surface area contributed by atoms with Gasteiger partial charge in [0, 0.05) is 5.69 Å². The van der Waals surface area contributed by atoms with Crippen molar-refractivity contribution in [1.82, 2.24) is 24.8 Å². The zero-order valence-electron chi connectivity index (χ0n) is 9.45. The topological polar surface area (TPSA) is 89.4 Å². The van der Waals surface area contributed by atoms with Crippen molar-refractivity contribution >= 4 is 0 Å². The largest absolute Gasteiger partial charge is 0.304 e. The number of pyridine rings is 1. The lowest BCUT2D eigenvalue weighted by Gasteiger charge is -2.06. The van der Waals surface area contributed by atoms with Gasteiger partial charge in [0.1, 0.15) is 11.6 Å². The van der Waals surface area contributed by atoms with Gasteiger partial charge in [0.25, 0.3) is 5.56 Å². The Balaban J connectivity index is 2.46. The van der Waals surface area contributed by atoms with Gasteiger partial charge in [-0.1, -0.05) is 0 Å². The molecular formula is C10H10N6O. The standard InChI is InChI=1S/C10H10N6O/c1-7-3-4-8(5-11)10(17)16(7)6-9-12-14-15(2)13-9/h3-4H,6H2,1-2H3. The van der Waals surface area contributed by atoms with Gasteiger partial charge in [-0.15, -0.1) is 10.2 Å². The second kappa shape index (κ2) is 4.17. The Morgan fingerprint density at radius 1 is 1.47 bits per heavy atom. The highest BCUT2D eigenvalue weighted by atomic mass is 16.1. The highest BCUT2D eigenvalue weighted by Crippen LogP contribution is 2.00. The van der Waals surface area contributed by atoms with E-state index in [0.29, 0.717) is 5.82 Å². The van der Waals surface area contributed by atoms with Gasteiger partial charge in [-0.25, -0.2) is 0 Å². The predicted molar refractivity (Wildman–Crippen MR) is 58.1 cm³/mol. The molecular weight excluding hydrogens is 220 g/mol. The summed E-state index contributed by atoms with van der Waals surface area (Å²) in [4.78, 5) is 13.2. The number of nitrogens with zero attached hydrogens (tertiary/aromatic N) is 6. The van der Waals surface area contributed by atoms with Crippen LogP contribution in [-0.4, -0.2) is 24.8 Å². The maximum absolute atomic E-state index is 11.9. The number of hydrogen-bond acceptors (Lipinski definition) is 5. The van der Waals surface area contributed by atoms with E-state index in [1.807, 2.05) is 6.07 Å². The molecule has 0 radical (unpaired) electrons. The zero-order chi connectivity index (χ0) is 12.4. The molecule has 2 aromatic rings. The normalized spacial score (nSPS) is 10.2. The molecule has 86 valence electrons. The fourth-order valence-electron chi connectivity index (χ4n) is 1.48. The van der Waals surface area contributed by atoms with E-state index in [9.17, 15) is 4.79 Å². The molecule has 2 aromatic heterocycles. The summed E-state index contributed by atoms with van der Waals surface area (Å²) in [6.45, 7) is 2.01. The molecule has 0 saturated carbocycles. The highest BCUT2D eigenvalue weighted by Gasteiger charge is 2.09. The first-order valence-corrected chi connectivity index (χ1v) is 4.95. The van der Waals surface area contributed by atoms with Gasteiger partial charge in [-0.2, -0.15) is 10.1 Å². The summed E-state index contributed by atoms with van der Waals surface area (Å²) < 4.78 is 1.45. The van der Waals surface area contributed by atoms with Crippen LogP contribution < -0.4 is 5.56 Å². The van der Waals surface area contributed by atoms with Crippen LogP contribution in [0.5, 0.6) is 0 Å². The average molecular weight is 230 g/mol. The molecule has 0 N–H and O–H groups in total. The number of aromatic nitrogens is 5. The van der Waals surface area contributed by atoms with Crippen LogP contribution in [0, 0.1) is 18.3 Å². The Labute approximate surface area is 96.9 Å². The van der Waals surface area contributed by atoms with Crippen molar-refractivity contribution in [3.63, 3.8) is 0 Å². The third-order valence-corrected chi connectivity index (χ3v) is 2.36. The molecule has 0 aliphatic rings. The molecule has 0 aliphatic heterocycles. The van der Waals surface area contributed by atoms with Crippen molar-refractivity contribution < 1.29 is 0 Å². The molecule has 0 aliphatic carbocycles. The van der Waals surface area contributed by atoms with E-state index in [1.165, 1.54) is 15.4 Å². The van der Waals surface area contributed by atoms with Crippen molar-refractivity contribution in [2.75, 3.05) is 0 Å². The molecule has 2 rings (SSSR count). The predicted octanol–water partition coefficient (Wildman–Crippen LogP) is -0.400. The van der Waals surface area contributed by atoms with Gasteiger partial charge in [-0.05, 0) is 24.3 Å². The number of rotatable bonds is 2. The molecule has 0 amide bonds. The van der Waals surface area contributed by atoms with Crippen LogP contribution in [0.2, 0.25) is 0 Å². The summed E-state index contributed by atoms with van der Waals surface area (Å²) in [5.74, 6) is 0.438. The van der Waals surface area contributed by atoms with Crippen LogP contribution in [0.15, 0.2) is 16.9 Å². The molecule has 0 spiro atoms. The first kappa shape index (κ1) is 11.0. The fourth-order valence-corrected chi connectivity index (χ4v) is 1.48. The minimum Gasteiger partial charge on any atom is -0.304 e. The third kappa shape index (κ3) is 2.06. The van der Waals surface area contributed by atoms with E-state index in [-0.39, 0.29) is 17.7 Å². The number of nitriles is 1. The van der Waals surface area contributed by atoms with Gasteiger partial charge >= 0.3 is 0 Å². The lowest BCUT2D eigenvalue weighted by atomic mass is 10.2. The number of tetrazole rings is 1. The van der Waals surface area contributed by atoms with Crippen LogP contribution in [0.25, 0.3) is 0 Å². The lowest BCUT2D eigenvalue weighted by Crippen LogP contribution is -2.25. The van der Waals surface area contributed by atoms with Crippen LogP contribution in [0.4, 0.5) is 0 Å². The minimum absolute atomic E-state index is 0.111. The van der Waals surface area contributed by atoms with Crippen molar-refractivity contribution in [2.24, 2.45) is 7.05 Å². The van der Waals surface area contributed by atoms with Crippen molar-refractivity contribution in [1.29, 1.82) is 5.26 Å². The van der Waals surface area contributed by atoms with E-state index >= 15 is 0 Å². The summed E-state index contributed by atoms with van der Waals surface area (Å²) in [7, 11) is 1.65. The first-order valence-electron chi connectivity index (χ1n) is 4.95. The SMILES string of the molecule is Cc1ccc(C#N)c(=O)n1Cc1nnn(C)n1. The maximum atomic E-state index is 11.9. The molecule has 0 bridgehead atoms. The summed E-state index contributed by atoms with van der Waals surface area (Å²) in [6, 6.07) is 5.09. The fraction of sp³-hybridized carbons (Fsp3) is 0.300. The molecule has 0 fully saturated rings. The second-order valence-corrected chi connectivity index (χ2v) is 3.59. The highest BCUT2D eigenvalue weighted by molar-refractivity contribution is 5.27. The molecule has 2 heterocycles. The van der Waals surface area contributed by atoms with E-state index in [0.717, 1.165) is 5.69 Å². The molecule has 7 nitrogen and oxygen atoms in total. The van der Waals surface area contributed by atoms with Gasteiger partial charge < -0.3 is 4.57 Å². The van der Waals surface area contributed by atoms with E-state index < -0.39 is 0 Å². The zero-order valence-corrected chi connectivity index (χ0v) is 9.45. The second-order valence-electron chi connectivity index (χ2n) is 3.59. The smallest absolute Gasteiger partial charge is 0.269 e. The van der Waals surface area contributed by atoms with Crippen LogP contribution in [0.3, 0.4) is 0 Å². The number of hydrogen-bond donors (Lipinski definition) is 0. The molecule has 0 aromatic carbocycles. The Morgan fingerprint density at radius 3 is 2.82 bits per heavy atom. The number of aryl methyl sites for hydroxylation is 2. The van der Waals surface area contributed by atoms with Gasteiger partial charge in [0.05, 0.1) is 13.6 Å².